The van der Waals surface area contributed by atoms with E-state index >= 15 is 0 Å². The number of ether oxygens (including phenoxy) is 1. The Hall–Kier alpha value is -2.24. The fourth-order valence-corrected chi connectivity index (χ4v) is 4.91. The zero-order valence-corrected chi connectivity index (χ0v) is 18.4. The molecule has 1 saturated heterocycles. The van der Waals surface area contributed by atoms with Crippen molar-refractivity contribution in [2.45, 2.75) is 37.2 Å². The second-order valence-corrected chi connectivity index (χ2v) is 9.05. The number of hydrogen-bond donors (Lipinski definition) is 0. The van der Waals surface area contributed by atoms with Crippen molar-refractivity contribution in [1.82, 2.24) is 14.8 Å². The fourth-order valence-electron chi connectivity index (χ4n) is 4.46. The first-order chi connectivity index (χ1) is 14.6. The Morgan fingerprint density at radius 1 is 1.00 bits per heavy atom. The zero-order chi connectivity index (χ0) is 20.7. The van der Waals surface area contributed by atoms with Crippen molar-refractivity contribution >= 4 is 29.2 Å². The second kappa shape index (κ2) is 7.78. The summed E-state index contributed by atoms with van der Waals surface area (Å²) in [5.74, 6) is 2.70. The third-order valence-corrected chi connectivity index (χ3v) is 6.80. The van der Waals surface area contributed by atoms with E-state index in [1.807, 2.05) is 6.07 Å². The molecule has 5 nitrogen and oxygen atoms in total. The molecule has 3 aromatic rings. The second-order valence-electron chi connectivity index (χ2n) is 8.21. The van der Waals surface area contributed by atoms with Gasteiger partial charge in [0.25, 0.3) is 0 Å². The molecule has 1 aromatic heterocycles. The number of anilines is 1. The van der Waals surface area contributed by atoms with Crippen LogP contribution in [0.3, 0.4) is 0 Å². The van der Waals surface area contributed by atoms with Crippen molar-refractivity contribution in [3.8, 4) is 5.75 Å². The topological polar surface area (TPSA) is 43.2 Å². The van der Waals surface area contributed by atoms with E-state index in [0.29, 0.717) is 15.8 Å². The van der Waals surface area contributed by atoms with Gasteiger partial charge in [-0.3, -0.25) is 4.57 Å². The summed E-state index contributed by atoms with van der Waals surface area (Å²) < 4.78 is 8.30. The summed E-state index contributed by atoms with van der Waals surface area (Å²) in [7, 11) is 2.09. The number of piperidine rings is 1. The SMILES string of the molecule is Cn1c(N2CCC(Oc3ccc(Cl)cc3Cl)CC2)nnc1C1(c2ccccc2)CC1. The maximum Gasteiger partial charge on any atom is 0.226 e. The molecule has 2 aromatic carbocycles. The number of halogens is 2. The molecule has 5 rings (SSSR count). The van der Waals surface area contributed by atoms with Crippen molar-refractivity contribution < 1.29 is 4.74 Å². The fraction of sp³-hybridized carbons (Fsp3) is 0.391. The molecule has 156 valence electrons. The molecule has 7 heteroatoms. The number of benzene rings is 2. The Morgan fingerprint density at radius 3 is 2.40 bits per heavy atom. The van der Waals surface area contributed by atoms with Crippen LogP contribution in [0.4, 0.5) is 5.95 Å². The average molecular weight is 443 g/mol. The lowest BCUT2D eigenvalue weighted by Crippen LogP contribution is -2.39. The van der Waals surface area contributed by atoms with Crippen molar-refractivity contribution in [3.05, 3.63) is 70.0 Å². The van der Waals surface area contributed by atoms with E-state index in [-0.39, 0.29) is 11.5 Å². The standard InChI is InChI=1S/C23H24Cl2N4O/c1-28-21(23(11-12-23)16-5-3-2-4-6-16)26-27-22(28)29-13-9-18(10-14-29)30-20-8-7-17(24)15-19(20)25/h2-8,15,18H,9-14H2,1H3. The normalized spacial score (nSPS) is 18.4. The summed E-state index contributed by atoms with van der Waals surface area (Å²) in [5.41, 5.74) is 1.35. The van der Waals surface area contributed by atoms with Gasteiger partial charge in [-0.05, 0) is 36.6 Å². The van der Waals surface area contributed by atoms with Gasteiger partial charge in [-0.25, -0.2) is 0 Å². The predicted octanol–water partition coefficient (Wildman–Crippen LogP) is 5.25. The molecule has 0 unspecified atom stereocenters. The van der Waals surface area contributed by atoms with Crippen LogP contribution in [0.25, 0.3) is 0 Å². The van der Waals surface area contributed by atoms with Crippen LogP contribution in [-0.2, 0) is 12.5 Å². The molecule has 0 radical (unpaired) electrons. The smallest absolute Gasteiger partial charge is 0.226 e. The van der Waals surface area contributed by atoms with E-state index in [1.165, 1.54) is 5.56 Å². The number of nitrogens with zero attached hydrogens (tertiary/aromatic N) is 4. The minimum Gasteiger partial charge on any atom is -0.489 e. The molecule has 1 aliphatic heterocycles. The Labute approximate surface area is 186 Å². The first-order valence-electron chi connectivity index (χ1n) is 10.4. The zero-order valence-electron chi connectivity index (χ0n) is 16.9. The maximum atomic E-state index is 6.25. The molecule has 2 heterocycles. The molecule has 1 saturated carbocycles. The summed E-state index contributed by atoms with van der Waals surface area (Å²) in [4.78, 5) is 2.31. The van der Waals surface area contributed by atoms with Gasteiger partial charge >= 0.3 is 0 Å². The molecule has 0 bridgehead atoms. The van der Waals surface area contributed by atoms with E-state index in [9.17, 15) is 0 Å². The van der Waals surface area contributed by atoms with Gasteiger partial charge in [-0.15, -0.1) is 10.2 Å². The van der Waals surface area contributed by atoms with E-state index in [4.69, 9.17) is 27.9 Å². The highest BCUT2D eigenvalue weighted by Gasteiger charge is 2.50. The van der Waals surface area contributed by atoms with Crippen LogP contribution in [0.5, 0.6) is 5.75 Å². The highest BCUT2D eigenvalue weighted by molar-refractivity contribution is 6.35. The van der Waals surface area contributed by atoms with Crippen LogP contribution in [0.2, 0.25) is 10.0 Å². The molecule has 2 aliphatic rings. The van der Waals surface area contributed by atoms with Crippen molar-refractivity contribution in [2.75, 3.05) is 18.0 Å². The molecular formula is C23H24Cl2N4O. The summed E-state index contributed by atoms with van der Waals surface area (Å²) in [6.07, 6.45) is 4.20. The first-order valence-corrected chi connectivity index (χ1v) is 11.1. The van der Waals surface area contributed by atoms with E-state index < -0.39 is 0 Å². The highest BCUT2D eigenvalue weighted by Crippen LogP contribution is 2.53. The molecule has 0 N–H and O–H groups in total. The monoisotopic (exact) mass is 442 g/mol. The summed E-state index contributed by atoms with van der Waals surface area (Å²) in [5, 5.41) is 10.4. The molecule has 0 atom stereocenters. The number of aromatic nitrogens is 3. The van der Waals surface area contributed by atoms with Crippen LogP contribution < -0.4 is 9.64 Å². The van der Waals surface area contributed by atoms with Crippen LogP contribution in [0.1, 0.15) is 37.1 Å². The minimum atomic E-state index is 0.0219. The lowest BCUT2D eigenvalue weighted by molar-refractivity contribution is 0.170. The van der Waals surface area contributed by atoms with Crippen LogP contribution in [0.15, 0.2) is 48.5 Å². The van der Waals surface area contributed by atoms with E-state index in [2.05, 4.69) is 57.0 Å². The van der Waals surface area contributed by atoms with E-state index in [0.717, 1.165) is 50.5 Å². The van der Waals surface area contributed by atoms with Crippen LogP contribution >= 0.6 is 23.2 Å². The predicted molar refractivity (Wildman–Crippen MR) is 120 cm³/mol. The molecule has 30 heavy (non-hydrogen) atoms. The molecule has 1 aliphatic carbocycles. The van der Waals surface area contributed by atoms with Crippen molar-refractivity contribution in [1.29, 1.82) is 0 Å². The molecule has 0 amide bonds. The van der Waals surface area contributed by atoms with Gasteiger partial charge in [-0.1, -0.05) is 53.5 Å². The van der Waals surface area contributed by atoms with Gasteiger partial charge in [0.05, 0.1) is 10.4 Å². The van der Waals surface area contributed by atoms with Gasteiger partial charge in [0.1, 0.15) is 17.7 Å². The minimum absolute atomic E-state index is 0.0219. The summed E-state index contributed by atoms with van der Waals surface area (Å²) >= 11 is 12.2. The third kappa shape index (κ3) is 3.54. The molecular weight excluding hydrogens is 419 g/mol. The van der Waals surface area contributed by atoms with Gasteiger partial charge in [0.15, 0.2) is 0 Å². The number of rotatable bonds is 5. The molecule has 2 fully saturated rings. The Kier molecular flexibility index (Phi) is 5.11. The highest BCUT2D eigenvalue weighted by atomic mass is 35.5. The lowest BCUT2D eigenvalue weighted by Gasteiger charge is -2.32. The largest absolute Gasteiger partial charge is 0.489 e. The Balaban J connectivity index is 1.27. The maximum absolute atomic E-state index is 6.25. The lowest BCUT2D eigenvalue weighted by atomic mass is 9.95. The first kappa shape index (κ1) is 19.7. The summed E-state index contributed by atoms with van der Waals surface area (Å²) in [6, 6.07) is 16.0. The van der Waals surface area contributed by atoms with Crippen molar-refractivity contribution in [2.24, 2.45) is 7.05 Å². The summed E-state index contributed by atoms with van der Waals surface area (Å²) in [6.45, 7) is 1.75. The van der Waals surface area contributed by atoms with Gasteiger partial charge < -0.3 is 9.64 Å². The van der Waals surface area contributed by atoms with E-state index in [1.54, 1.807) is 12.1 Å². The third-order valence-electron chi connectivity index (χ3n) is 6.27. The quantitative estimate of drug-likeness (QED) is 0.540. The number of hydrogen-bond acceptors (Lipinski definition) is 4. The van der Waals surface area contributed by atoms with Gasteiger partial charge in [0.2, 0.25) is 5.95 Å². The van der Waals surface area contributed by atoms with Crippen LogP contribution in [-0.4, -0.2) is 34.0 Å². The van der Waals surface area contributed by atoms with Crippen molar-refractivity contribution in [3.63, 3.8) is 0 Å². The Morgan fingerprint density at radius 2 is 1.73 bits per heavy atom. The Bertz CT molecular complexity index is 1040. The molecule has 0 spiro atoms. The van der Waals surface area contributed by atoms with Gasteiger partial charge in [0, 0.05) is 38.0 Å². The van der Waals surface area contributed by atoms with Gasteiger partial charge in [-0.2, -0.15) is 0 Å². The average Bonchev–Trinajstić information content (AvgIpc) is 3.48. The van der Waals surface area contributed by atoms with Crippen LogP contribution in [0, 0.1) is 0 Å².